The molecule has 0 bridgehead atoms. The normalized spacial score (nSPS) is 16.9. The SMILES string of the molecule is COc1ccc(S(=O)(=O)CCNC(=O)c2noc3c2C[C@@H](C(C)(C)C)CC3)cc1. The monoisotopic (exact) mass is 420 g/mol. The summed E-state index contributed by atoms with van der Waals surface area (Å²) in [6, 6.07) is 6.19. The lowest BCUT2D eigenvalue weighted by molar-refractivity contribution is 0.0945. The number of ether oxygens (including phenoxy) is 1. The van der Waals surface area contributed by atoms with Gasteiger partial charge in [-0.3, -0.25) is 4.79 Å². The van der Waals surface area contributed by atoms with Crippen molar-refractivity contribution >= 4 is 15.7 Å². The lowest BCUT2D eigenvalue weighted by Crippen LogP contribution is -2.32. The summed E-state index contributed by atoms with van der Waals surface area (Å²) in [5.41, 5.74) is 1.26. The minimum absolute atomic E-state index is 0.00245. The third kappa shape index (κ3) is 4.80. The van der Waals surface area contributed by atoms with Gasteiger partial charge in [0, 0.05) is 18.5 Å². The Labute approximate surface area is 171 Å². The molecule has 0 unspecified atom stereocenters. The zero-order valence-corrected chi connectivity index (χ0v) is 18.1. The first-order valence-corrected chi connectivity index (χ1v) is 11.4. The van der Waals surface area contributed by atoms with E-state index in [-0.39, 0.29) is 28.3 Å². The van der Waals surface area contributed by atoms with E-state index in [4.69, 9.17) is 9.26 Å². The number of aryl methyl sites for hydroxylation is 1. The molecular weight excluding hydrogens is 392 g/mol. The van der Waals surface area contributed by atoms with E-state index in [0.717, 1.165) is 30.6 Å². The number of hydrogen-bond acceptors (Lipinski definition) is 6. The third-order valence-electron chi connectivity index (χ3n) is 5.55. The first-order chi connectivity index (χ1) is 13.6. The Balaban J connectivity index is 1.62. The molecule has 1 atom stereocenters. The Morgan fingerprint density at radius 2 is 1.97 bits per heavy atom. The van der Waals surface area contributed by atoms with E-state index < -0.39 is 15.7 Å². The zero-order valence-electron chi connectivity index (χ0n) is 17.3. The predicted molar refractivity (Wildman–Crippen MR) is 109 cm³/mol. The van der Waals surface area contributed by atoms with Crippen LogP contribution < -0.4 is 10.1 Å². The number of benzene rings is 1. The molecular formula is C21H28N2O5S. The highest BCUT2D eigenvalue weighted by Gasteiger charge is 2.34. The predicted octanol–water partition coefficient (Wildman–Crippen LogP) is 3.04. The molecule has 0 aliphatic heterocycles. The van der Waals surface area contributed by atoms with Crippen LogP contribution in [0.5, 0.6) is 5.75 Å². The van der Waals surface area contributed by atoms with Crippen molar-refractivity contribution in [3.05, 3.63) is 41.3 Å². The van der Waals surface area contributed by atoms with Gasteiger partial charge in [0.15, 0.2) is 15.5 Å². The highest BCUT2D eigenvalue weighted by Crippen LogP contribution is 2.38. The number of rotatable bonds is 6. The van der Waals surface area contributed by atoms with Crippen LogP contribution in [0.1, 0.15) is 49.0 Å². The maximum Gasteiger partial charge on any atom is 0.273 e. The summed E-state index contributed by atoms with van der Waals surface area (Å²) in [6.07, 6.45) is 2.52. The molecule has 1 aliphatic rings. The Bertz CT molecular complexity index is 971. The van der Waals surface area contributed by atoms with Gasteiger partial charge >= 0.3 is 0 Å². The largest absolute Gasteiger partial charge is 0.497 e. The molecule has 1 heterocycles. The van der Waals surface area contributed by atoms with Crippen LogP contribution in [0.15, 0.2) is 33.7 Å². The van der Waals surface area contributed by atoms with Gasteiger partial charge in [-0.15, -0.1) is 0 Å². The second-order valence-corrected chi connectivity index (χ2v) is 10.6. The van der Waals surface area contributed by atoms with E-state index in [1.165, 1.54) is 19.2 Å². The van der Waals surface area contributed by atoms with Crippen molar-refractivity contribution in [2.24, 2.45) is 11.3 Å². The van der Waals surface area contributed by atoms with Crippen molar-refractivity contribution in [3.8, 4) is 5.75 Å². The molecule has 0 fully saturated rings. The number of aromatic nitrogens is 1. The van der Waals surface area contributed by atoms with Gasteiger partial charge in [0.1, 0.15) is 11.5 Å². The molecule has 158 valence electrons. The number of nitrogens with one attached hydrogen (secondary N) is 1. The summed E-state index contributed by atoms with van der Waals surface area (Å²) < 4.78 is 35.3. The van der Waals surface area contributed by atoms with Crippen molar-refractivity contribution in [2.45, 2.75) is 44.9 Å². The van der Waals surface area contributed by atoms with Gasteiger partial charge in [-0.25, -0.2) is 8.42 Å². The van der Waals surface area contributed by atoms with Gasteiger partial charge < -0.3 is 14.6 Å². The Morgan fingerprint density at radius 1 is 1.28 bits per heavy atom. The summed E-state index contributed by atoms with van der Waals surface area (Å²) in [5, 5.41) is 6.63. The Hall–Kier alpha value is -2.35. The number of methoxy groups -OCH3 is 1. The van der Waals surface area contributed by atoms with Crippen LogP contribution in [0, 0.1) is 11.3 Å². The molecule has 1 aromatic carbocycles. The molecule has 7 nitrogen and oxygen atoms in total. The number of amides is 1. The summed E-state index contributed by atoms with van der Waals surface area (Å²) in [6.45, 7) is 6.58. The number of hydrogen-bond donors (Lipinski definition) is 1. The smallest absolute Gasteiger partial charge is 0.273 e. The maximum absolute atomic E-state index is 12.6. The van der Waals surface area contributed by atoms with Crippen molar-refractivity contribution in [2.75, 3.05) is 19.4 Å². The minimum atomic E-state index is -3.51. The molecule has 29 heavy (non-hydrogen) atoms. The van der Waals surface area contributed by atoms with E-state index in [1.54, 1.807) is 12.1 Å². The first kappa shape index (κ1) is 21.4. The standard InChI is InChI=1S/C21H28N2O5S/c1-21(2,3)14-5-10-18-17(13-14)19(23-28-18)20(24)22-11-12-29(25,26)16-8-6-15(27-4)7-9-16/h6-9,14H,5,10-13H2,1-4H3,(H,22,24)/t14-/m0/s1. The van der Waals surface area contributed by atoms with E-state index in [9.17, 15) is 13.2 Å². The molecule has 1 amide bonds. The number of fused-ring (bicyclic) bond motifs is 1. The van der Waals surface area contributed by atoms with Crippen molar-refractivity contribution < 1.29 is 22.5 Å². The minimum Gasteiger partial charge on any atom is -0.497 e. The molecule has 0 radical (unpaired) electrons. The van der Waals surface area contributed by atoms with Gasteiger partial charge in [-0.1, -0.05) is 25.9 Å². The lowest BCUT2D eigenvalue weighted by Gasteiger charge is -2.33. The van der Waals surface area contributed by atoms with Gasteiger partial charge in [0.05, 0.1) is 17.8 Å². The Morgan fingerprint density at radius 3 is 2.59 bits per heavy atom. The van der Waals surface area contributed by atoms with E-state index in [1.807, 2.05) is 0 Å². The van der Waals surface area contributed by atoms with Gasteiger partial charge in [-0.2, -0.15) is 0 Å². The first-order valence-electron chi connectivity index (χ1n) is 9.74. The van der Waals surface area contributed by atoms with E-state index >= 15 is 0 Å². The summed E-state index contributed by atoms with van der Waals surface area (Å²) in [7, 11) is -1.99. The Kier molecular flexibility index (Phi) is 6.03. The van der Waals surface area contributed by atoms with E-state index in [2.05, 4.69) is 31.2 Å². The van der Waals surface area contributed by atoms with Gasteiger partial charge in [0.2, 0.25) is 0 Å². The van der Waals surface area contributed by atoms with Crippen LogP contribution in [0.2, 0.25) is 0 Å². The van der Waals surface area contributed by atoms with Gasteiger partial charge in [-0.05, 0) is 48.4 Å². The van der Waals surface area contributed by atoms with Crippen molar-refractivity contribution in [3.63, 3.8) is 0 Å². The molecule has 2 aromatic rings. The average molecular weight is 421 g/mol. The van der Waals surface area contributed by atoms with E-state index in [0.29, 0.717) is 11.7 Å². The van der Waals surface area contributed by atoms with Crippen LogP contribution in [0.4, 0.5) is 0 Å². The summed E-state index contributed by atoms with van der Waals surface area (Å²) in [5.74, 6) is 1.20. The van der Waals surface area contributed by atoms with Crippen LogP contribution >= 0.6 is 0 Å². The second kappa shape index (κ2) is 8.18. The van der Waals surface area contributed by atoms with Crippen LogP contribution in [-0.2, 0) is 22.7 Å². The zero-order chi connectivity index (χ0) is 21.2. The van der Waals surface area contributed by atoms with Crippen LogP contribution in [0.25, 0.3) is 0 Å². The topological polar surface area (TPSA) is 98.5 Å². The molecule has 8 heteroatoms. The second-order valence-electron chi connectivity index (χ2n) is 8.49. The summed E-state index contributed by atoms with van der Waals surface area (Å²) in [4.78, 5) is 12.8. The third-order valence-corrected chi connectivity index (χ3v) is 7.29. The summed E-state index contributed by atoms with van der Waals surface area (Å²) >= 11 is 0. The molecule has 0 saturated heterocycles. The molecule has 3 rings (SSSR count). The van der Waals surface area contributed by atoms with Crippen molar-refractivity contribution in [1.29, 1.82) is 0 Å². The molecule has 0 spiro atoms. The molecule has 1 aliphatic carbocycles. The fourth-order valence-corrected chi connectivity index (χ4v) is 4.76. The molecule has 1 aromatic heterocycles. The fourth-order valence-electron chi connectivity index (χ4n) is 3.61. The lowest BCUT2D eigenvalue weighted by atomic mass is 9.71. The highest BCUT2D eigenvalue weighted by molar-refractivity contribution is 7.91. The highest BCUT2D eigenvalue weighted by atomic mass is 32.2. The fraction of sp³-hybridized carbons (Fsp3) is 0.524. The number of carbonyl (C=O) groups excluding carboxylic acids is 1. The van der Waals surface area contributed by atoms with Gasteiger partial charge in [0.25, 0.3) is 5.91 Å². The maximum atomic E-state index is 12.6. The molecule has 1 N–H and O–H groups in total. The van der Waals surface area contributed by atoms with Crippen molar-refractivity contribution in [1.82, 2.24) is 10.5 Å². The number of nitrogens with zero attached hydrogens (tertiary/aromatic N) is 1. The van der Waals surface area contributed by atoms with Crippen LogP contribution in [-0.4, -0.2) is 38.9 Å². The average Bonchev–Trinajstić information content (AvgIpc) is 3.10. The molecule has 0 saturated carbocycles. The number of sulfone groups is 1. The quantitative estimate of drug-likeness (QED) is 0.771. The van der Waals surface area contributed by atoms with Crippen LogP contribution in [0.3, 0.4) is 0 Å². The number of carbonyl (C=O) groups is 1.